The van der Waals surface area contributed by atoms with Crippen LogP contribution in [0.5, 0.6) is 0 Å². The number of halogens is 4. The van der Waals surface area contributed by atoms with Gasteiger partial charge >= 0.3 is 6.55 Å². The highest BCUT2D eigenvalue weighted by molar-refractivity contribution is 7.97. The normalized spacial score (nSPS) is 11.1. The van der Waals surface area contributed by atoms with Crippen LogP contribution in [0, 0.1) is 5.82 Å². The zero-order valence-electron chi connectivity index (χ0n) is 14.2. The Morgan fingerprint density at radius 2 is 2.04 bits per heavy atom. The molecule has 0 saturated heterocycles. The molecule has 5 nitrogen and oxygen atoms in total. The molecule has 1 aromatic heterocycles. The third kappa shape index (κ3) is 4.32. The average Bonchev–Trinajstić information content (AvgIpc) is 3.15. The van der Waals surface area contributed by atoms with E-state index in [2.05, 4.69) is 10.4 Å². The van der Waals surface area contributed by atoms with Crippen molar-refractivity contribution in [2.24, 2.45) is 5.14 Å². The summed E-state index contributed by atoms with van der Waals surface area (Å²) in [5, 5.41) is 12.0. The Morgan fingerprint density at radius 3 is 2.68 bits per heavy atom. The maximum atomic E-state index is 14.8. The molecule has 0 unspecified atom stereocenters. The number of nitrogens with one attached hydrogen (secondary N) is 1. The lowest BCUT2D eigenvalue weighted by Gasteiger charge is -2.12. The van der Waals surface area contributed by atoms with E-state index >= 15 is 0 Å². The van der Waals surface area contributed by atoms with E-state index < -0.39 is 18.3 Å². The predicted molar refractivity (Wildman–Crippen MR) is 103 cm³/mol. The molecule has 0 spiro atoms. The van der Waals surface area contributed by atoms with E-state index in [0.717, 1.165) is 6.20 Å². The van der Waals surface area contributed by atoms with Crippen molar-refractivity contribution >= 4 is 35.1 Å². The third-order valence-electron chi connectivity index (χ3n) is 3.91. The first-order chi connectivity index (χ1) is 13.4. The smallest absolute Gasteiger partial charge is 0.323 e. The molecule has 146 valence electrons. The van der Waals surface area contributed by atoms with Crippen LogP contribution < -0.4 is 10.5 Å². The van der Waals surface area contributed by atoms with Crippen molar-refractivity contribution in [3.05, 3.63) is 65.2 Å². The quantitative estimate of drug-likeness (QED) is 0.551. The maximum absolute atomic E-state index is 14.8. The summed E-state index contributed by atoms with van der Waals surface area (Å²) in [5.74, 6) is -1.22. The van der Waals surface area contributed by atoms with Gasteiger partial charge in [-0.1, -0.05) is 35.9 Å². The van der Waals surface area contributed by atoms with E-state index in [-0.39, 0.29) is 22.6 Å². The Labute approximate surface area is 167 Å². The molecule has 28 heavy (non-hydrogen) atoms. The van der Waals surface area contributed by atoms with Crippen LogP contribution in [0.3, 0.4) is 0 Å². The number of nitrogens with zero attached hydrogens (tertiary/aromatic N) is 2. The van der Waals surface area contributed by atoms with Gasteiger partial charge in [0.2, 0.25) is 5.91 Å². The molecule has 3 N–H and O–H groups in total. The van der Waals surface area contributed by atoms with E-state index in [1.165, 1.54) is 18.3 Å². The SMILES string of the molecule is NSc1c(-c2cnn(C(F)F)c2)ccc(NC(=O)Cc2ccccc2Cl)c1F. The predicted octanol–water partition coefficient (Wildman–Crippen LogP) is 4.88. The molecule has 0 bridgehead atoms. The lowest BCUT2D eigenvalue weighted by Crippen LogP contribution is -2.16. The van der Waals surface area contributed by atoms with Crippen molar-refractivity contribution in [1.29, 1.82) is 0 Å². The number of hydrogen-bond donors (Lipinski definition) is 2. The molecule has 0 saturated carbocycles. The Bertz CT molecular complexity index is 1010. The number of alkyl halides is 2. The fraction of sp³-hybridized carbons (Fsp3) is 0.111. The lowest BCUT2D eigenvalue weighted by molar-refractivity contribution is -0.115. The van der Waals surface area contributed by atoms with Crippen LogP contribution in [0.25, 0.3) is 11.1 Å². The highest BCUT2D eigenvalue weighted by atomic mass is 35.5. The van der Waals surface area contributed by atoms with Gasteiger partial charge in [-0.2, -0.15) is 13.9 Å². The van der Waals surface area contributed by atoms with Crippen LogP contribution in [0.1, 0.15) is 12.1 Å². The molecule has 2 aromatic carbocycles. The number of benzene rings is 2. The molecule has 0 radical (unpaired) electrons. The monoisotopic (exact) mass is 426 g/mol. The Kier molecular flexibility index (Phi) is 6.28. The van der Waals surface area contributed by atoms with Crippen LogP contribution in [-0.4, -0.2) is 15.7 Å². The van der Waals surface area contributed by atoms with Crippen LogP contribution in [0.15, 0.2) is 53.7 Å². The molecule has 0 fully saturated rings. The molecule has 0 aliphatic rings. The van der Waals surface area contributed by atoms with E-state index in [9.17, 15) is 18.0 Å². The Hall–Kier alpha value is -2.49. The second kappa shape index (κ2) is 8.68. The molecule has 0 aliphatic carbocycles. The molecule has 3 rings (SSSR count). The van der Waals surface area contributed by atoms with Crippen molar-refractivity contribution in [3.8, 4) is 11.1 Å². The summed E-state index contributed by atoms with van der Waals surface area (Å²) in [6, 6.07) is 9.66. The standard InChI is InChI=1S/C18H14ClF3N4OS/c19-13-4-2-1-3-10(13)7-15(27)25-14-6-5-12(17(28-23)16(14)20)11-8-24-26(9-11)18(21)22/h1-6,8-9,18H,7,23H2,(H,25,27). The molecule has 0 aliphatic heterocycles. The van der Waals surface area contributed by atoms with Gasteiger partial charge < -0.3 is 5.32 Å². The minimum Gasteiger partial charge on any atom is -0.323 e. The first-order valence-corrected chi connectivity index (χ1v) is 9.21. The first-order valence-electron chi connectivity index (χ1n) is 7.96. The Balaban J connectivity index is 1.85. The molecule has 1 heterocycles. The van der Waals surface area contributed by atoms with Crippen LogP contribution >= 0.6 is 23.5 Å². The number of carbonyl (C=O) groups is 1. The molecule has 3 aromatic rings. The van der Waals surface area contributed by atoms with Gasteiger partial charge in [0, 0.05) is 22.3 Å². The van der Waals surface area contributed by atoms with E-state index in [0.29, 0.717) is 32.8 Å². The zero-order valence-corrected chi connectivity index (χ0v) is 15.8. The topological polar surface area (TPSA) is 72.9 Å². The van der Waals surface area contributed by atoms with Crippen LogP contribution in [-0.2, 0) is 11.2 Å². The van der Waals surface area contributed by atoms with E-state index in [1.807, 2.05) is 0 Å². The number of aromatic nitrogens is 2. The number of amides is 1. The van der Waals surface area contributed by atoms with Gasteiger partial charge in [-0.05, 0) is 29.6 Å². The molecule has 10 heteroatoms. The van der Waals surface area contributed by atoms with Gasteiger partial charge in [-0.25, -0.2) is 9.07 Å². The number of carbonyl (C=O) groups excluding carboxylic acids is 1. The number of anilines is 1. The van der Waals surface area contributed by atoms with Crippen molar-refractivity contribution < 1.29 is 18.0 Å². The third-order valence-corrected chi connectivity index (χ3v) is 4.91. The molecular weight excluding hydrogens is 413 g/mol. The largest absolute Gasteiger partial charge is 0.333 e. The number of rotatable bonds is 6. The summed E-state index contributed by atoms with van der Waals surface area (Å²) in [4.78, 5) is 12.3. The molecule has 1 amide bonds. The van der Waals surface area contributed by atoms with Crippen molar-refractivity contribution in [3.63, 3.8) is 0 Å². The first kappa shape index (κ1) is 20.2. The maximum Gasteiger partial charge on any atom is 0.333 e. The summed E-state index contributed by atoms with van der Waals surface area (Å²) >= 11 is 6.64. The van der Waals surface area contributed by atoms with Gasteiger partial charge in [0.15, 0.2) is 5.82 Å². The van der Waals surface area contributed by atoms with Crippen molar-refractivity contribution in [2.45, 2.75) is 17.9 Å². The van der Waals surface area contributed by atoms with Crippen LogP contribution in [0.4, 0.5) is 18.9 Å². The van der Waals surface area contributed by atoms with Gasteiger partial charge in [0.1, 0.15) is 0 Å². The summed E-state index contributed by atoms with van der Waals surface area (Å²) in [6.07, 6.45) is 2.25. The highest BCUT2D eigenvalue weighted by Gasteiger charge is 2.18. The summed E-state index contributed by atoms with van der Waals surface area (Å²) in [5.41, 5.74) is 1.10. The van der Waals surface area contributed by atoms with Crippen molar-refractivity contribution in [2.75, 3.05) is 5.32 Å². The number of nitrogens with two attached hydrogens (primary N) is 1. The van der Waals surface area contributed by atoms with E-state index in [4.69, 9.17) is 16.7 Å². The number of hydrogen-bond acceptors (Lipinski definition) is 4. The molecular formula is C18H14ClF3N4OS. The average molecular weight is 427 g/mol. The fourth-order valence-corrected chi connectivity index (χ4v) is 3.32. The fourth-order valence-electron chi connectivity index (χ4n) is 2.59. The van der Waals surface area contributed by atoms with Crippen LogP contribution in [0.2, 0.25) is 5.02 Å². The summed E-state index contributed by atoms with van der Waals surface area (Å²) < 4.78 is 40.7. The van der Waals surface area contributed by atoms with Gasteiger partial charge in [0.05, 0.1) is 23.2 Å². The van der Waals surface area contributed by atoms with Gasteiger partial charge in [-0.3, -0.25) is 9.93 Å². The van der Waals surface area contributed by atoms with Gasteiger partial charge in [0.25, 0.3) is 0 Å². The molecule has 0 atom stereocenters. The zero-order chi connectivity index (χ0) is 20.3. The second-order valence-corrected chi connectivity index (χ2v) is 6.78. The Morgan fingerprint density at radius 1 is 1.29 bits per heavy atom. The minimum absolute atomic E-state index is 0.00404. The van der Waals surface area contributed by atoms with E-state index in [1.54, 1.807) is 24.3 Å². The van der Waals surface area contributed by atoms with Gasteiger partial charge in [-0.15, -0.1) is 0 Å². The minimum atomic E-state index is -2.81. The summed E-state index contributed by atoms with van der Waals surface area (Å²) in [7, 11) is 0. The highest BCUT2D eigenvalue weighted by Crippen LogP contribution is 2.35. The lowest BCUT2D eigenvalue weighted by atomic mass is 10.1. The van der Waals surface area contributed by atoms with Crippen molar-refractivity contribution in [1.82, 2.24) is 9.78 Å². The second-order valence-electron chi connectivity index (χ2n) is 5.72. The summed E-state index contributed by atoms with van der Waals surface area (Å²) in [6.45, 7) is -2.81.